The van der Waals surface area contributed by atoms with Crippen LogP contribution in [0.1, 0.15) is 35.6 Å². The van der Waals surface area contributed by atoms with Gasteiger partial charge in [-0.05, 0) is 31.5 Å². The zero-order valence-electron chi connectivity index (χ0n) is 12.1. The third-order valence-electron chi connectivity index (χ3n) is 3.18. The fourth-order valence-electron chi connectivity index (χ4n) is 2.13. The lowest BCUT2D eigenvalue weighted by Gasteiger charge is -2.07. The van der Waals surface area contributed by atoms with Gasteiger partial charge in [0.25, 0.3) is 0 Å². The molecule has 2 rings (SSSR count). The predicted molar refractivity (Wildman–Crippen MR) is 76.1 cm³/mol. The van der Waals surface area contributed by atoms with E-state index in [1.807, 2.05) is 17.7 Å². The molecule has 0 fully saturated rings. The fourth-order valence-corrected chi connectivity index (χ4v) is 2.13. The number of ketones is 1. The minimum absolute atomic E-state index is 0.00722. The molecule has 0 amide bonds. The minimum Gasteiger partial charge on any atom is -0.480 e. The summed E-state index contributed by atoms with van der Waals surface area (Å²) in [6, 6.07) is 5.47. The summed E-state index contributed by atoms with van der Waals surface area (Å²) in [7, 11) is 1.52. The van der Waals surface area contributed by atoms with Gasteiger partial charge < -0.3 is 4.74 Å². The van der Waals surface area contributed by atoms with Crippen LogP contribution in [0.25, 0.3) is 0 Å². The van der Waals surface area contributed by atoms with Gasteiger partial charge in [-0.3, -0.25) is 9.48 Å². The van der Waals surface area contributed by atoms with E-state index in [2.05, 4.69) is 17.0 Å². The molecule has 20 heavy (non-hydrogen) atoms. The van der Waals surface area contributed by atoms with Gasteiger partial charge in [0, 0.05) is 18.4 Å². The molecule has 106 valence electrons. The Labute approximate surface area is 118 Å². The molecule has 0 saturated heterocycles. The Hall–Kier alpha value is -2.17. The molecular formula is C15H19N3O2. The number of ether oxygens (including phenoxy) is 1. The van der Waals surface area contributed by atoms with Crippen LogP contribution in [-0.4, -0.2) is 27.7 Å². The normalized spacial score (nSPS) is 10.6. The van der Waals surface area contributed by atoms with Crippen LogP contribution in [-0.2, 0) is 19.4 Å². The van der Waals surface area contributed by atoms with Gasteiger partial charge in [-0.2, -0.15) is 5.10 Å². The van der Waals surface area contributed by atoms with E-state index in [0.717, 1.165) is 24.4 Å². The summed E-state index contributed by atoms with van der Waals surface area (Å²) < 4.78 is 7.01. The largest absolute Gasteiger partial charge is 0.480 e. The van der Waals surface area contributed by atoms with Gasteiger partial charge in [-0.15, -0.1) is 0 Å². The number of nitrogens with zero attached hydrogens (tertiary/aromatic N) is 3. The molecule has 0 atom stereocenters. The summed E-state index contributed by atoms with van der Waals surface area (Å²) in [6.45, 7) is 4.83. The van der Waals surface area contributed by atoms with E-state index in [9.17, 15) is 4.79 Å². The number of pyridine rings is 1. The predicted octanol–water partition coefficient (Wildman–Crippen LogP) is 2.29. The van der Waals surface area contributed by atoms with E-state index >= 15 is 0 Å². The van der Waals surface area contributed by atoms with Gasteiger partial charge in [0.05, 0.1) is 24.8 Å². The Balaban J connectivity index is 2.25. The smallest absolute Gasteiger partial charge is 0.224 e. The third-order valence-corrected chi connectivity index (χ3v) is 3.18. The molecule has 0 saturated carbocycles. The van der Waals surface area contributed by atoms with E-state index in [4.69, 9.17) is 4.74 Å². The van der Waals surface area contributed by atoms with Crippen LogP contribution in [0.5, 0.6) is 5.88 Å². The van der Waals surface area contributed by atoms with Crippen molar-refractivity contribution < 1.29 is 9.53 Å². The van der Waals surface area contributed by atoms with E-state index in [1.165, 1.54) is 7.11 Å². The number of hydrogen-bond donors (Lipinski definition) is 0. The highest BCUT2D eigenvalue weighted by molar-refractivity contribution is 5.99. The molecule has 0 radical (unpaired) electrons. The zero-order chi connectivity index (χ0) is 14.5. The molecule has 0 aliphatic rings. The van der Waals surface area contributed by atoms with Crippen molar-refractivity contribution in [3.05, 3.63) is 41.3 Å². The Bertz CT molecular complexity index is 605. The van der Waals surface area contributed by atoms with Crippen molar-refractivity contribution in [1.82, 2.24) is 14.8 Å². The molecule has 0 N–H and O–H groups in total. The third kappa shape index (κ3) is 2.87. The molecule has 0 bridgehead atoms. The maximum Gasteiger partial charge on any atom is 0.224 e. The van der Waals surface area contributed by atoms with E-state index in [-0.39, 0.29) is 5.78 Å². The summed E-state index contributed by atoms with van der Waals surface area (Å²) >= 11 is 0. The summed E-state index contributed by atoms with van der Waals surface area (Å²) in [6.07, 6.45) is 2.79. The molecule has 2 heterocycles. The van der Waals surface area contributed by atoms with Gasteiger partial charge in [0.2, 0.25) is 5.88 Å². The average molecular weight is 273 g/mol. The van der Waals surface area contributed by atoms with E-state index in [1.54, 1.807) is 18.3 Å². The molecule has 2 aromatic heterocycles. The number of aromatic nitrogens is 3. The molecule has 0 unspecified atom stereocenters. The standard InChI is InChI=1S/C15H19N3O2/c1-4-11-9-12(18(5-2)17-11)10-14(19)13-7-6-8-16-15(13)20-3/h6-9H,4-5,10H2,1-3H3. The van der Waals surface area contributed by atoms with Crippen LogP contribution in [0.15, 0.2) is 24.4 Å². The molecule has 5 heteroatoms. The highest BCUT2D eigenvalue weighted by Gasteiger charge is 2.16. The second-order valence-electron chi connectivity index (χ2n) is 4.46. The number of methoxy groups -OCH3 is 1. The van der Waals surface area contributed by atoms with E-state index in [0.29, 0.717) is 17.9 Å². The van der Waals surface area contributed by atoms with Gasteiger partial charge in [0.1, 0.15) is 0 Å². The first-order chi connectivity index (χ1) is 9.69. The average Bonchev–Trinajstić information content (AvgIpc) is 2.89. The molecule has 5 nitrogen and oxygen atoms in total. The van der Waals surface area contributed by atoms with Crippen molar-refractivity contribution in [2.45, 2.75) is 33.2 Å². The quantitative estimate of drug-likeness (QED) is 0.758. The van der Waals surface area contributed by atoms with Crippen LogP contribution in [0, 0.1) is 0 Å². The van der Waals surface area contributed by atoms with Crippen molar-refractivity contribution in [2.24, 2.45) is 0 Å². The lowest BCUT2D eigenvalue weighted by molar-refractivity contribution is 0.0987. The molecule has 0 aliphatic heterocycles. The number of carbonyl (C=O) groups is 1. The lowest BCUT2D eigenvalue weighted by atomic mass is 10.1. The van der Waals surface area contributed by atoms with Crippen LogP contribution >= 0.6 is 0 Å². The Morgan fingerprint density at radius 3 is 2.85 bits per heavy atom. The van der Waals surface area contributed by atoms with Crippen molar-refractivity contribution in [1.29, 1.82) is 0 Å². The topological polar surface area (TPSA) is 57.0 Å². The van der Waals surface area contributed by atoms with Gasteiger partial charge in [0.15, 0.2) is 5.78 Å². The Kier molecular flexibility index (Phi) is 4.50. The summed E-state index contributed by atoms with van der Waals surface area (Å²) in [5.41, 5.74) is 2.45. The highest BCUT2D eigenvalue weighted by atomic mass is 16.5. The molecular weight excluding hydrogens is 254 g/mol. The van der Waals surface area contributed by atoms with Crippen molar-refractivity contribution in [2.75, 3.05) is 7.11 Å². The minimum atomic E-state index is -0.00722. The van der Waals surface area contributed by atoms with Crippen molar-refractivity contribution >= 4 is 5.78 Å². The summed E-state index contributed by atoms with van der Waals surface area (Å²) in [5.74, 6) is 0.364. The molecule has 0 aliphatic carbocycles. The maximum atomic E-state index is 12.4. The summed E-state index contributed by atoms with van der Waals surface area (Å²) in [4.78, 5) is 16.5. The molecule has 0 aromatic carbocycles. The lowest BCUT2D eigenvalue weighted by Crippen LogP contribution is -2.11. The van der Waals surface area contributed by atoms with Gasteiger partial charge in [-0.25, -0.2) is 4.98 Å². The second kappa shape index (κ2) is 6.32. The van der Waals surface area contributed by atoms with Crippen LogP contribution in [0.2, 0.25) is 0 Å². The van der Waals surface area contributed by atoms with Crippen molar-refractivity contribution in [3.8, 4) is 5.88 Å². The first-order valence-corrected chi connectivity index (χ1v) is 6.77. The molecule has 2 aromatic rings. The monoisotopic (exact) mass is 273 g/mol. The maximum absolute atomic E-state index is 12.4. The van der Waals surface area contributed by atoms with E-state index < -0.39 is 0 Å². The van der Waals surface area contributed by atoms with Gasteiger partial charge >= 0.3 is 0 Å². The fraction of sp³-hybridized carbons (Fsp3) is 0.400. The van der Waals surface area contributed by atoms with Crippen LogP contribution in [0.4, 0.5) is 0 Å². The van der Waals surface area contributed by atoms with Crippen molar-refractivity contribution in [3.63, 3.8) is 0 Å². The first kappa shape index (κ1) is 14.2. The number of Topliss-reactive ketones (excluding diaryl/α,β-unsaturated/α-hetero) is 1. The number of carbonyl (C=O) groups excluding carboxylic acids is 1. The van der Waals surface area contributed by atoms with Crippen LogP contribution < -0.4 is 4.74 Å². The number of rotatable bonds is 6. The Morgan fingerprint density at radius 2 is 2.20 bits per heavy atom. The first-order valence-electron chi connectivity index (χ1n) is 6.77. The zero-order valence-corrected chi connectivity index (χ0v) is 12.1. The second-order valence-corrected chi connectivity index (χ2v) is 4.46. The highest BCUT2D eigenvalue weighted by Crippen LogP contribution is 2.17. The number of hydrogen-bond acceptors (Lipinski definition) is 4. The molecule has 0 spiro atoms. The van der Waals surface area contributed by atoms with Crippen LogP contribution in [0.3, 0.4) is 0 Å². The van der Waals surface area contributed by atoms with Gasteiger partial charge in [-0.1, -0.05) is 6.92 Å². The summed E-state index contributed by atoms with van der Waals surface area (Å²) in [5, 5.41) is 4.45. The number of aryl methyl sites for hydroxylation is 2. The SMILES string of the molecule is CCc1cc(CC(=O)c2cccnc2OC)n(CC)n1. The Morgan fingerprint density at radius 1 is 1.40 bits per heavy atom.